The molecule has 206 valence electrons. The molecule has 0 heterocycles. The third-order valence-electron chi connectivity index (χ3n) is 12.6. The van der Waals surface area contributed by atoms with Crippen molar-refractivity contribution < 1.29 is 0 Å². The first-order chi connectivity index (χ1) is 17.3. The Morgan fingerprint density at radius 3 is 1.78 bits per heavy atom. The minimum Gasteiger partial charge on any atom is -0.0853 e. The number of allylic oxidation sites excluding steroid dienone is 8. The zero-order valence-electron chi connectivity index (χ0n) is 25.8. The van der Waals surface area contributed by atoms with Gasteiger partial charge in [-0.1, -0.05) is 102 Å². The fraction of sp³-hybridized carbons (Fsp3) is 0.784. The molecule has 0 amide bonds. The fourth-order valence-corrected chi connectivity index (χ4v) is 8.94. The number of rotatable bonds is 0. The minimum atomic E-state index is 0.651. The van der Waals surface area contributed by atoms with E-state index in [9.17, 15) is 0 Å². The first-order valence-corrected chi connectivity index (χ1v) is 16.0. The summed E-state index contributed by atoms with van der Waals surface area (Å²) in [5, 5.41) is 0. The van der Waals surface area contributed by atoms with E-state index in [0.29, 0.717) is 10.8 Å². The van der Waals surface area contributed by atoms with Gasteiger partial charge in [-0.3, -0.25) is 0 Å². The summed E-state index contributed by atoms with van der Waals surface area (Å²) in [6.07, 6.45) is 25.3. The summed E-state index contributed by atoms with van der Waals surface area (Å²) in [5.74, 6) is 9.09. The molecule has 0 spiro atoms. The molecule has 9 unspecified atom stereocenters. The Labute approximate surface area is 230 Å². The van der Waals surface area contributed by atoms with Gasteiger partial charge in [0.1, 0.15) is 0 Å². The second kappa shape index (κ2) is 9.86. The molecule has 8 aliphatic rings. The summed E-state index contributed by atoms with van der Waals surface area (Å²) in [6, 6.07) is 0. The Bertz CT molecular complexity index is 946. The van der Waals surface area contributed by atoms with Crippen molar-refractivity contribution in [2.24, 2.45) is 69.5 Å². The number of fused-ring (bicyclic) bond motifs is 4. The molecule has 9 atom stereocenters. The van der Waals surface area contributed by atoms with E-state index in [1.807, 2.05) is 0 Å². The van der Waals surface area contributed by atoms with Crippen LogP contribution in [0.3, 0.4) is 0 Å². The smallest absolute Gasteiger partial charge is 0.0143 e. The van der Waals surface area contributed by atoms with Crippen LogP contribution in [0.5, 0.6) is 0 Å². The van der Waals surface area contributed by atoms with Crippen molar-refractivity contribution in [1.82, 2.24) is 0 Å². The highest BCUT2D eigenvalue weighted by Gasteiger charge is 2.59. The zero-order chi connectivity index (χ0) is 26.8. The monoisotopic (exact) mass is 502 g/mol. The van der Waals surface area contributed by atoms with Gasteiger partial charge in [0.15, 0.2) is 0 Å². The zero-order valence-corrected chi connectivity index (χ0v) is 25.8. The molecule has 0 heteroatoms. The third-order valence-corrected chi connectivity index (χ3v) is 12.6. The molecule has 0 radical (unpaired) electrons. The molecule has 8 rings (SSSR count). The SMILES string of the molecule is C1=CC2CC2C=C1.CC1=CC2C(CC1)C2(C)C.CC1=CCC2C(C1)C2(C)C.CC1CCC2C(C1)C2(C)C. The Morgan fingerprint density at radius 2 is 1.30 bits per heavy atom. The molecule has 5 saturated carbocycles. The molecule has 0 N–H and O–H groups in total. The van der Waals surface area contributed by atoms with E-state index in [4.69, 9.17) is 0 Å². The lowest BCUT2D eigenvalue weighted by atomic mass is 9.91. The Hall–Kier alpha value is -1.04. The molecule has 0 aromatic heterocycles. The molecular formula is C37H58. The van der Waals surface area contributed by atoms with Crippen LogP contribution in [-0.4, -0.2) is 0 Å². The van der Waals surface area contributed by atoms with E-state index in [1.165, 1.54) is 51.4 Å². The summed E-state index contributed by atoms with van der Waals surface area (Å²) in [6.45, 7) is 21.5. The Kier molecular flexibility index (Phi) is 7.33. The third kappa shape index (κ3) is 5.79. The van der Waals surface area contributed by atoms with Crippen LogP contribution < -0.4 is 0 Å². The van der Waals surface area contributed by atoms with Crippen LogP contribution in [0.4, 0.5) is 0 Å². The standard InChI is InChI=1S/C10H18.2C10H16.C7H8/c3*1-7-4-5-8-9(6-7)10(8,2)3;1-2-4-7-5-6(7)3-1/h7-9H,4-6H2,1-3H3;6,8-9H,4-5H2,1-3H3;4,8-9H,5-6H2,1-3H3;1-4,6-7H,5H2. The van der Waals surface area contributed by atoms with Crippen molar-refractivity contribution in [3.8, 4) is 0 Å². The van der Waals surface area contributed by atoms with Gasteiger partial charge in [-0.2, -0.15) is 0 Å². The Morgan fingerprint density at radius 1 is 0.649 bits per heavy atom. The van der Waals surface area contributed by atoms with E-state index in [0.717, 1.165) is 58.7 Å². The summed E-state index contributed by atoms with van der Waals surface area (Å²) in [7, 11) is 0. The Balaban J connectivity index is 0.000000102. The predicted molar refractivity (Wildman–Crippen MR) is 161 cm³/mol. The van der Waals surface area contributed by atoms with Gasteiger partial charge < -0.3 is 0 Å². The average molecular weight is 503 g/mol. The van der Waals surface area contributed by atoms with E-state index < -0.39 is 0 Å². The fourth-order valence-electron chi connectivity index (χ4n) is 8.94. The minimum absolute atomic E-state index is 0.651. The predicted octanol–water partition coefficient (Wildman–Crippen LogP) is 10.8. The van der Waals surface area contributed by atoms with Crippen LogP contribution in [0.2, 0.25) is 0 Å². The van der Waals surface area contributed by atoms with Crippen molar-refractivity contribution >= 4 is 0 Å². The van der Waals surface area contributed by atoms with Gasteiger partial charge in [-0.15, -0.1) is 0 Å². The lowest BCUT2D eigenvalue weighted by molar-refractivity contribution is 0.367. The van der Waals surface area contributed by atoms with Crippen molar-refractivity contribution in [3.05, 3.63) is 47.6 Å². The van der Waals surface area contributed by atoms with Gasteiger partial charge in [0.2, 0.25) is 0 Å². The maximum Gasteiger partial charge on any atom is -0.0143 e. The first kappa shape index (κ1) is 27.5. The molecule has 5 fully saturated rings. The molecule has 0 aromatic carbocycles. The van der Waals surface area contributed by atoms with Crippen LogP contribution >= 0.6 is 0 Å². The van der Waals surface area contributed by atoms with Gasteiger partial charge >= 0.3 is 0 Å². The van der Waals surface area contributed by atoms with E-state index >= 15 is 0 Å². The molecule has 0 aromatic rings. The summed E-state index contributed by atoms with van der Waals surface area (Å²) in [5.41, 5.74) is 5.29. The molecule has 0 bridgehead atoms. The number of hydrogen-bond donors (Lipinski definition) is 0. The molecule has 0 aliphatic heterocycles. The van der Waals surface area contributed by atoms with Crippen molar-refractivity contribution in [3.63, 3.8) is 0 Å². The highest BCUT2D eigenvalue weighted by atomic mass is 14.6. The molecular weight excluding hydrogens is 444 g/mol. The maximum atomic E-state index is 2.49. The highest BCUT2D eigenvalue weighted by molar-refractivity contribution is 5.22. The number of hydrogen-bond acceptors (Lipinski definition) is 0. The van der Waals surface area contributed by atoms with Gasteiger partial charge in [0.05, 0.1) is 0 Å². The summed E-state index contributed by atoms with van der Waals surface area (Å²) >= 11 is 0. The van der Waals surface area contributed by atoms with Gasteiger partial charge in [-0.05, 0) is 128 Å². The van der Waals surface area contributed by atoms with Gasteiger partial charge in [0, 0.05) is 0 Å². The quantitative estimate of drug-likeness (QED) is 0.289. The van der Waals surface area contributed by atoms with Crippen molar-refractivity contribution in [2.75, 3.05) is 0 Å². The van der Waals surface area contributed by atoms with Crippen molar-refractivity contribution in [2.45, 2.75) is 114 Å². The largest absolute Gasteiger partial charge is 0.0853 e. The molecule has 37 heavy (non-hydrogen) atoms. The van der Waals surface area contributed by atoms with Crippen LogP contribution in [0, 0.1) is 69.5 Å². The summed E-state index contributed by atoms with van der Waals surface area (Å²) in [4.78, 5) is 0. The van der Waals surface area contributed by atoms with Crippen LogP contribution in [-0.2, 0) is 0 Å². The van der Waals surface area contributed by atoms with E-state index in [-0.39, 0.29) is 0 Å². The van der Waals surface area contributed by atoms with Crippen LogP contribution in [0.25, 0.3) is 0 Å². The second-order valence-corrected chi connectivity index (χ2v) is 16.3. The van der Waals surface area contributed by atoms with E-state index in [2.05, 4.69) is 98.8 Å². The lowest BCUT2D eigenvalue weighted by Gasteiger charge is -2.15. The normalized spacial score (nSPS) is 44.5. The molecule has 0 saturated heterocycles. The first-order valence-electron chi connectivity index (χ1n) is 16.0. The highest BCUT2D eigenvalue weighted by Crippen LogP contribution is 2.66. The van der Waals surface area contributed by atoms with Crippen LogP contribution in [0.15, 0.2) is 47.6 Å². The van der Waals surface area contributed by atoms with E-state index in [1.54, 1.807) is 11.1 Å². The van der Waals surface area contributed by atoms with Crippen LogP contribution in [0.1, 0.15) is 114 Å². The summed E-state index contributed by atoms with van der Waals surface area (Å²) < 4.78 is 0. The lowest BCUT2D eigenvalue weighted by Crippen LogP contribution is -2.03. The average Bonchev–Trinajstić information content (AvgIpc) is 3.80. The molecule has 0 nitrogen and oxygen atoms in total. The molecule has 8 aliphatic carbocycles. The maximum absolute atomic E-state index is 2.49. The van der Waals surface area contributed by atoms with Gasteiger partial charge in [-0.25, -0.2) is 0 Å². The van der Waals surface area contributed by atoms with Gasteiger partial charge in [0.25, 0.3) is 0 Å². The topological polar surface area (TPSA) is 0 Å². The second-order valence-electron chi connectivity index (χ2n) is 16.3. The van der Waals surface area contributed by atoms with Crippen molar-refractivity contribution in [1.29, 1.82) is 0 Å².